The zero-order valence-electron chi connectivity index (χ0n) is 7.30. The van der Waals surface area contributed by atoms with E-state index in [0.717, 1.165) is 19.3 Å². The first-order valence-electron chi connectivity index (χ1n) is 4.40. The summed E-state index contributed by atoms with van der Waals surface area (Å²) < 4.78 is 5.38. The van der Waals surface area contributed by atoms with E-state index < -0.39 is 0 Å². The zero-order valence-corrected chi connectivity index (χ0v) is 7.30. The molecule has 0 aromatic rings. The van der Waals surface area contributed by atoms with Gasteiger partial charge >= 0.3 is 0 Å². The molecule has 0 aromatic heterocycles. The summed E-state index contributed by atoms with van der Waals surface area (Å²) >= 11 is 0. The molecule has 11 heavy (non-hydrogen) atoms. The van der Waals surface area contributed by atoms with E-state index >= 15 is 0 Å². The average Bonchev–Trinajstić information content (AvgIpc) is 2.36. The van der Waals surface area contributed by atoms with Crippen molar-refractivity contribution in [3.63, 3.8) is 0 Å². The lowest BCUT2D eigenvalue weighted by Crippen LogP contribution is -2.23. The monoisotopic (exact) mass is 156 g/mol. The fourth-order valence-electron chi connectivity index (χ4n) is 1.72. The van der Waals surface area contributed by atoms with Crippen LogP contribution >= 0.6 is 0 Å². The minimum absolute atomic E-state index is 0.134. The van der Waals surface area contributed by atoms with Crippen molar-refractivity contribution in [3.05, 3.63) is 0 Å². The summed E-state index contributed by atoms with van der Waals surface area (Å²) in [6.45, 7) is 4.68. The van der Waals surface area contributed by atoms with Crippen molar-refractivity contribution in [2.75, 3.05) is 6.61 Å². The molecule has 2 nitrogen and oxygen atoms in total. The molecule has 1 aliphatic carbocycles. The fourth-order valence-corrected chi connectivity index (χ4v) is 1.72. The van der Waals surface area contributed by atoms with Crippen molar-refractivity contribution in [2.24, 2.45) is 5.92 Å². The predicted octanol–water partition coefficient (Wildman–Crippen LogP) is 1.78. The van der Waals surface area contributed by atoms with Gasteiger partial charge in [-0.3, -0.25) is 4.79 Å². The van der Waals surface area contributed by atoms with Crippen molar-refractivity contribution in [1.29, 1.82) is 0 Å². The maximum absolute atomic E-state index is 11.2. The molecule has 0 amide bonds. The van der Waals surface area contributed by atoms with Gasteiger partial charge in [-0.15, -0.1) is 0 Å². The molecular weight excluding hydrogens is 140 g/mol. The van der Waals surface area contributed by atoms with Crippen LogP contribution in [-0.4, -0.2) is 18.5 Å². The number of ketones is 1. The number of hydrogen-bond donors (Lipinski definition) is 0. The summed E-state index contributed by atoms with van der Waals surface area (Å²) in [5.41, 5.74) is 0. The second-order valence-corrected chi connectivity index (χ2v) is 3.13. The van der Waals surface area contributed by atoms with Crippen molar-refractivity contribution in [1.82, 2.24) is 0 Å². The highest BCUT2D eigenvalue weighted by atomic mass is 16.5. The van der Waals surface area contributed by atoms with Gasteiger partial charge < -0.3 is 4.74 Å². The third-order valence-corrected chi connectivity index (χ3v) is 2.35. The Morgan fingerprint density at radius 1 is 1.73 bits per heavy atom. The van der Waals surface area contributed by atoms with E-state index in [4.69, 9.17) is 4.74 Å². The Balaban J connectivity index is 2.39. The third-order valence-electron chi connectivity index (χ3n) is 2.35. The van der Waals surface area contributed by atoms with Crippen LogP contribution in [0.1, 0.15) is 33.1 Å². The van der Waals surface area contributed by atoms with Crippen LogP contribution in [0.25, 0.3) is 0 Å². The lowest BCUT2D eigenvalue weighted by Gasteiger charge is -2.16. The number of carbonyl (C=O) groups is 1. The molecule has 1 aliphatic rings. The first-order valence-corrected chi connectivity index (χ1v) is 4.40. The van der Waals surface area contributed by atoms with E-state index in [-0.39, 0.29) is 12.0 Å². The molecule has 0 unspecified atom stereocenters. The highest BCUT2D eigenvalue weighted by Crippen LogP contribution is 2.25. The van der Waals surface area contributed by atoms with Gasteiger partial charge in [0.15, 0.2) is 0 Å². The Kier molecular flexibility index (Phi) is 3.06. The summed E-state index contributed by atoms with van der Waals surface area (Å²) in [7, 11) is 0. The normalized spacial score (nSPS) is 27.5. The van der Waals surface area contributed by atoms with Crippen LogP contribution in [0.2, 0.25) is 0 Å². The Morgan fingerprint density at radius 3 is 2.91 bits per heavy atom. The molecule has 0 aliphatic heterocycles. The quantitative estimate of drug-likeness (QED) is 0.622. The second kappa shape index (κ2) is 3.86. The zero-order chi connectivity index (χ0) is 8.27. The van der Waals surface area contributed by atoms with Crippen LogP contribution in [0.4, 0.5) is 0 Å². The van der Waals surface area contributed by atoms with Crippen LogP contribution < -0.4 is 0 Å². The Hall–Kier alpha value is -0.370. The van der Waals surface area contributed by atoms with E-state index in [2.05, 4.69) is 0 Å². The number of hydrogen-bond acceptors (Lipinski definition) is 2. The largest absolute Gasteiger partial charge is 0.378 e. The summed E-state index contributed by atoms with van der Waals surface area (Å²) in [4.78, 5) is 11.2. The smallest absolute Gasteiger partial charge is 0.138 e. The van der Waals surface area contributed by atoms with E-state index in [1.54, 1.807) is 0 Å². The minimum Gasteiger partial charge on any atom is -0.378 e. The number of carbonyl (C=O) groups excluding carboxylic acids is 1. The van der Waals surface area contributed by atoms with Crippen molar-refractivity contribution in [2.45, 2.75) is 39.2 Å². The molecule has 0 N–H and O–H groups in total. The number of ether oxygens (including phenoxy) is 1. The molecule has 1 rings (SSSR count). The van der Waals surface area contributed by atoms with E-state index in [1.807, 2.05) is 13.8 Å². The second-order valence-electron chi connectivity index (χ2n) is 3.13. The van der Waals surface area contributed by atoms with Gasteiger partial charge in [0.2, 0.25) is 0 Å². The molecular formula is C9H16O2. The van der Waals surface area contributed by atoms with Crippen LogP contribution in [0.3, 0.4) is 0 Å². The Bertz CT molecular complexity index is 142. The average molecular weight is 156 g/mol. The van der Waals surface area contributed by atoms with Crippen molar-refractivity contribution < 1.29 is 9.53 Å². The fraction of sp³-hybridized carbons (Fsp3) is 0.889. The predicted molar refractivity (Wildman–Crippen MR) is 43.4 cm³/mol. The minimum atomic E-state index is 0.134. The van der Waals surface area contributed by atoms with Crippen LogP contribution in [0, 0.1) is 5.92 Å². The van der Waals surface area contributed by atoms with Gasteiger partial charge in [-0.2, -0.15) is 0 Å². The van der Waals surface area contributed by atoms with Gasteiger partial charge in [-0.05, 0) is 26.7 Å². The molecule has 1 fully saturated rings. The van der Waals surface area contributed by atoms with Gasteiger partial charge in [0.1, 0.15) is 5.78 Å². The van der Waals surface area contributed by atoms with Crippen molar-refractivity contribution >= 4 is 5.78 Å². The molecule has 1 saturated carbocycles. The van der Waals surface area contributed by atoms with E-state index in [0.29, 0.717) is 12.4 Å². The molecule has 0 spiro atoms. The first-order chi connectivity index (χ1) is 5.25. The van der Waals surface area contributed by atoms with Crippen LogP contribution in [0.15, 0.2) is 0 Å². The maximum atomic E-state index is 11.2. The Morgan fingerprint density at radius 2 is 2.45 bits per heavy atom. The van der Waals surface area contributed by atoms with Gasteiger partial charge in [0.25, 0.3) is 0 Å². The number of rotatable bonds is 3. The van der Waals surface area contributed by atoms with Gasteiger partial charge in [0, 0.05) is 18.9 Å². The lowest BCUT2D eigenvalue weighted by atomic mass is 10.0. The SMILES string of the molecule is CCO[C@H](C)[C@@H]1CCCC1=O. The highest BCUT2D eigenvalue weighted by Gasteiger charge is 2.29. The van der Waals surface area contributed by atoms with Gasteiger partial charge in [-0.1, -0.05) is 0 Å². The molecule has 0 bridgehead atoms. The number of Topliss-reactive ketones (excluding diaryl/α,β-unsaturated/α-hetero) is 1. The molecule has 0 aromatic carbocycles. The Labute approximate surface area is 67.9 Å². The third kappa shape index (κ3) is 2.03. The molecule has 64 valence electrons. The van der Waals surface area contributed by atoms with Gasteiger partial charge in [0.05, 0.1) is 6.10 Å². The summed E-state index contributed by atoms with van der Waals surface area (Å²) in [6.07, 6.45) is 2.98. The van der Waals surface area contributed by atoms with E-state index in [1.165, 1.54) is 0 Å². The molecule has 0 radical (unpaired) electrons. The van der Waals surface area contributed by atoms with Gasteiger partial charge in [-0.25, -0.2) is 0 Å². The van der Waals surface area contributed by atoms with Crippen LogP contribution in [0.5, 0.6) is 0 Å². The molecule has 0 heterocycles. The molecule has 0 saturated heterocycles. The van der Waals surface area contributed by atoms with Crippen molar-refractivity contribution in [3.8, 4) is 0 Å². The standard InChI is InChI=1S/C9H16O2/c1-3-11-7(2)8-5-4-6-9(8)10/h7-8H,3-6H2,1-2H3/t7-,8+/m1/s1. The summed E-state index contributed by atoms with van der Waals surface area (Å²) in [5.74, 6) is 0.584. The first kappa shape index (κ1) is 8.72. The maximum Gasteiger partial charge on any atom is 0.138 e. The summed E-state index contributed by atoms with van der Waals surface area (Å²) in [6, 6.07) is 0. The lowest BCUT2D eigenvalue weighted by molar-refractivity contribution is -0.124. The topological polar surface area (TPSA) is 26.3 Å². The molecule has 2 atom stereocenters. The van der Waals surface area contributed by atoms with Crippen LogP contribution in [-0.2, 0) is 9.53 Å². The highest BCUT2D eigenvalue weighted by molar-refractivity contribution is 5.83. The molecule has 2 heteroatoms. The summed E-state index contributed by atoms with van der Waals surface area (Å²) in [5, 5.41) is 0. The van der Waals surface area contributed by atoms with E-state index in [9.17, 15) is 4.79 Å².